The van der Waals surface area contributed by atoms with E-state index in [1.54, 1.807) is 12.1 Å². The Kier molecular flexibility index (Phi) is 3.29. The fourth-order valence-corrected chi connectivity index (χ4v) is 2.09. The largest absolute Gasteiger partial charge is 0.340 e. The van der Waals surface area contributed by atoms with Gasteiger partial charge in [-0.3, -0.25) is 0 Å². The molecule has 1 saturated carbocycles. The van der Waals surface area contributed by atoms with Crippen molar-refractivity contribution in [3.05, 3.63) is 46.4 Å². The lowest BCUT2D eigenvalue weighted by atomic mass is 10.2. The first-order valence-corrected chi connectivity index (χ1v) is 6.86. The van der Waals surface area contributed by atoms with Crippen LogP contribution in [0.2, 0.25) is 5.15 Å². The topological polar surface area (TPSA) is 61.6 Å². The van der Waals surface area contributed by atoms with Crippen molar-refractivity contribution in [3.63, 3.8) is 0 Å². The maximum absolute atomic E-state index is 8.79. The summed E-state index contributed by atoms with van der Waals surface area (Å²) in [5.41, 5.74) is 2.34. The third-order valence-electron chi connectivity index (χ3n) is 3.32. The molecule has 5 heteroatoms. The minimum absolute atomic E-state index is 0.453. The van der Waals surface area contributed by atoms with Gasteiger partial charge in [0.2, 0.25) is 0 Å². The predicted octanol–water partition coefficient (Wildman–Crippen LogP) is 3.93. The van der Waals surface area contributed by atoms with Gasteiger partial charge in [-0.15, -0.1) is 0 Å². The number of anilines is 2. The van der Waals surface area contributed by atoms with Crippen molar-refractivity contribution in [2.24, 2.45) is 0 Å². The maximum atomic E-state index is 8.79. The third kappa shape index (κ3) is 2.59. The van der Waals surface area contributed by atoms with Gasteiger partial charge in [-0.1, -0.05) is 11.6 Å². The SMILES string of the molecule is Cc1c(Cl)nc(C2CC2)nc1Nc1ccc(C#N)cc1. The quantitative estimate of drug-likeness (QED) is 0.868. The fourth-order valence-electron chi connectivity index (χ4n) is 1.92. The molecule has 1 fully saturated rings. The van der Waals surface area contributed by atoms with E-state index in [2.05, 4.69) is 21.4 Å². The number of benzene rings is 1. The van der Waals surface area contributed by atoms with Crippen molar-refractivity contribution < 1.29 is 0 Å². The molecule has 0 radical (unpaired) electrons. The molecule has 1 aliphatic carbocycles. The van der Waals surface area contributed by atoms with E-state index in [1.165, 1.54) is 0 Å². The van der Waals surface area contributed by atoms with E-state index >= 15 is 0 Å². The molecule has 0 unspecified atom stereocenters. The molecular formula is C15H13ClN4. The van der Waals surface area contributed by atoms with Crippen molar-refractivity contribution in [2.45, 2.75) is 25.7 Å². The summed E-state index contributed by atoms with van der Waals surface area (Å²) in [5, 5.41) is 12.5. The summed E-state index contributed by atoms with van der Waals surface area (Å²) in [6.07, 6.45) is 2.27. The lowest BCUT2D eigenvalue weighted by Crippen LogP contribution is -2.03. The Morgan fingerprint density at radius 2 is 1.95 bits per heavy atom. The average molecular weight is 285 g/mol. The van der Waals surface area contributed by atoms with Crippen molar-refractivity contribution in [2.75, 3.05) is 5.32 Å². The maximum Gasteiger partial charge on any atom is 0.138 e. The second-order valence-corrected chi connectivity index (χ2v) is 5.29. The van der Waals surface area contributed by atoms with Crippen LogP contribution in [0.25, 0.3) is 0 Å². The lowest BCUT2D eigenvalue weighted by Gasteiger charge is -2.11. The van der Waals surface area contributed by atoms with Crippen molar-refractivity contribution in [3.8, 4) is 6.07 Å². The Hall–Kier alpha value is -2.12. The summed E-state index contributed by atoms with van der Waals surface area (Å²) in [4.78, 5) is 8.90. The summed E-state index contributed by atoms with van der Waals surface area (Å²) >= 11 is 6.17. The molecule has 1 heterocycles. The number of nitrogens with one attached hydrogen (secondary N) is 1. The number of nitriles is 1. The highest BCUT2D eigenvalue weighted by atomic mass is 35.5. The molecule has 0 aliphatic heterocycles. The normalized spacial score (nSPS) is 13.8. The van der Waals surface area contributed by atoms with Crippen LogP contribution in [0.15, 0.2) is 24.3 Å². The average Bonchev–Trinajstić information content (AvgIpc) is 3.29. The molecule has 100 valence electrons. The van der Waals surface area contributed by atoms with E-state index in [4.69, 9.17) is 16.9 Å². The molecule has 1 N–H and O–H groups in total. The van der Waals surface area contributed by atoms with E-state index in [-0.39, 0.29) is 0 Å². The summed E-state index contributed by atoms with van der Waals surface area (Å²) in [5.74, 6) is 2.00. The molecule has 0 saturated heterocycles. The number of hydrogen-bond acceptors (Lipinski definition) is 4. The highest BCUT2D eigenvalue weighted by Gasteiger charge is 2.28. The molecule has 0 atom stereocenters. The van der Waals surface area contributed by atoms with Gasteiger partial charge in [0.1, 0.15) is 16.8 Å². The van der Waals surface area contributed by atoms with Crippen molar-refractivity contribution in [1.82, 2.24) is 9.97 Å². The summed E-state index contributed by atoms with van der Waals surface area (Å²) in [6.45, 7) is 1.89. The molecule has 3 rings (SSSR count). The second-order valence-electron chi connectivity index (χ2n) is 4.93. The van der Waals surface area contributed by atoms with Gasteiger partial charge in [-0.05, 0) is 44.0 Å². The highest BCUT2D eigenvalue weighted by Crippen LogP contribution is 2.39. The van der Waals surface area contributed by atoms with Crippen LogP contribution in [0, 0.1) is 18.3 Å². The van der Waals surface area contributed by atoms with E-state index in [9.17, 15) is 0 Å². The first-order chi connectivity index (χ1) is 9.67. The molecule has 2 aromatic rings. The van der Waals surface area contributed by atoms with Crippen LogP contribution in [-0.4, -0.2) is 9.97 Å². The number of nitrogens with zero attached hydrogens (tertiary/aromatic N) is 3. The number of aromatic nitrogens is 2. The van der Waals surface area contributed by atoms with Gasteiger partial charge in [-0.2, -0.15) is 5.26 Å². The summed E-state index contributed by atoms with van der Waals surface area (Å²) < 4.78 is 0. The summed E-state index contributed by atoms with van der Waals surface area (Å²) in [7, 11) is 0. The Labute approximate surface area is 122 Å². The second kappa shape index (κ2) is 5.10. The van der Waals surface area contributed by atoms with Gasteiger partial charge >= 0.3 is 0 Å². The lowest BCUT2D eigenvalue weighted by molar-refractivity contribution is 0.922. The molecular weight excluding hydrogens is 272 g/mol. The van der Waals surface area contributed by atoms with Crippen LogP contribution in [0.3, 0.4) is 0 Å². The van der Waals surface area contributed by atoms with Crippen molar-refractivity contribution >= 4 is 23.1 Å². The first-order valence-electron chi connectivity index (χ1n) is 6.48. The predicted molar refractivity (Wildman–Crippen MR) is 78.2 cm³/mol. The van der Waals surface area contributed by atoms with Gasteiger partial charge in [-0.25, -0.2) is 9.97 Å². The molecule has 0 bridgehead atoms. The smallest absolute Gasteiger partial charge is 0.138 e. The zero-order valence-corrected chi connectivity index (χ0v) is 11.8. The standard InChI is InChI=1S/C15H13ClN4/c1-9-13(16)19-15(11-4-5-11)20-14(9)18-12-6-2-10(8-17)3-7-12/h2-3,6-7,11H,4-5H2,1H3,(H,18,19,20). The van der Waals surface area contributed by atoms with E-state index in [0.717, 1.165) is 35.7 Å². The summed E-state index contributed by atoms with van der Waals surface area (Å²) in [6, 6.07) is 9.33. The molecule has 20 heavy (non-hydrogen) atoms. The Morgan fingerprint density at radius 3 is 2.55 bits per heavy atom. The highest BCUT2D eigenvalue weighted by molar-refractivity contribution is 6.30. The zero-order chi connectivity index (χ0) is 14.1. The van der Waals surface area contributed by atoms with Gasteiger partial charge in [0, 0.05) is 17.2 Å². The van der Waals surface area contributed by atoms with Gasteiger partial charge in [0.25, 0.3) is 0 Å². The van der Waals surface area contributed by atoms with Gasteiger partial charge < -0.3 is 5.32 Å². The van der Waals surface area contributed by atoms with Crippen LogP contribution in [0.4, 0.5) is 11.5 Å². The van der Waals surface area contributed by atoms with Crippen LogP contribution in [-0.2, 0) is 0 Å². The minimum atomic E-state index is 0.453. The van der Waals surface area contributed by atoms with Crippen LogP contribution < -0.4 is 5.32 Å². The van der Waals surface area contributed by atoms with Crippen molar-refractivity contribution in [1.29, 1.82) is 5.26 Å². The molecule has 0 spiro atoms. The third-order valence-corrected chi connectivity index (χ3v) is 3.69. The van der Waals surface area contributed by atoms with Crippen LogP contribution >= 0.6 is 11.6 Å². The Bertz CT molecular complexity index is 684. The molecule has 1 aromatic carbocycles. The zero-order valence-electron chi connectivity index (χ0n) is 11.0. The van der Waals surface area contributed by atoms with Crippen LogP contribution in [0.5, 0.6) is 0 Å². The molecule has 1 aliphatic rings. The van der Waals surface area contributed by atoms with E-state index < -0.39 is 0 Å². The number of hydrogen-bond donors (Lipinski definition) is 1. The Morgan fingerprint density at radius 1 is 1.25 bits per heavy atom. The van der Waals surface area contributed by atoms with E-state index in [0.29, 0.717) is 16.6 Å². The molecule has 4 nitrogen and oxygen atoms in total. The monoisotopic (exact) mass is 284 g/mol. The van der Waals surface area contributed by atoms with Gasteiger partial charge in [0.15, 0.2) is 0 Å². The van der Waals surface area contributed by atoms with Crippen LogP contribution in [0.1, 0.15) is 35.7 Å². The Balaban J connectivity index is 1.90. The molecule has 1 aromatic heterocycles. The van der Waals surface area contributed by atoms with E-state index in [1.807, 2.05) is 19.1 Å². The molecule has 0 amide bonds. The fraction of sp³-hybridized carbons (Fsp3) is 0.267. The number of rotatable bonds is 3. The number of halogens is 1. The first kappa shape index (κ1) is 12.9. The van der Waals surface area contributed by atoms with Gasteiger partial charge in [0.05, 0.1) is 11.6 Å². The minimum Gasteiger partial charge on any atom is -0.340 e.